The molecule has 0 aromatic carbocycles. The van der Waals surface area contributed by atoms with Gasteiger partial charge >= 0.3 is 0 Å². The van der Waals surface area contributed by atoms with Gasteiger partial charge in [0, 0.05) is 6.54 Å². The lowest BCUT2D eigenvalue weighted by Gasteiger charge is -2.00. The highest BCUT2D eigenvalue weighted by atomic mass is 16.3. The number of unbranched alkanes of at least 4 members (excludes halogenated alkanes) is 5. The summed E-state index contributed by atoms with van der Waals surface area (Å²) in [4.78, 5) is 10.8. The lowest BCUT2D eigenvalue weighted by Crippen LogP contribution is -2.26. The zero-order chi connectivity index (χ0) is 18.4. The number of aliphatic hydroxyl groups excluding tert-OH is 1. The van der Waals surface area contributed by atoms with Crippen LogP contribution in [0.15, 0.2) is 48.6 Å². The van der Waals surface area contributed by atoms with Crippen molar-refractivity contribution in [2.24, 2.45) is 0 Å². The van der Waals surface area contributed by atoms with Crippen molar-refractivity contribution in [1.29, 1.82) is 0 Å². The molecule has 0 rings (SSSR count). The molecular weight excluding hydrogens is 310 g/mol. The van der Waals surface area contributed by atoms with Gasteiger partial charge in [0.15, 0.2) is 0 Å². The van der Waals surface area contributed by atoms with Crippen LogP contribution in [0.5, 0.6) is 0 Å². The molecule has 0 radical (unpaired) electrons. The first kappa shape index (κ1) is 23.4. The molecule has 0 aliphatic rings. The maximum Gasteiger partial charge on any atom is 0.245 e. The van der Waals surface area contributed by atoms with Gasteiger partial charge in [0.25, 0.3) is 0 Å². The molecule has 0 aliphatic heterocycles. The Bertz CT molecular complexity index is 408. The van der Waals surface area contributed by atoms with Crippen molar-refractivity contribution in [2.75, 3.05) is 13.2 Å². The Labute approximate surface area is 154 Å². The molecular formula is C22H37NO2. The number of nitrogens with one attached hydrogen (secondary N) is 1. The van der Waals surface area contributed by atoms with Gasteiger partial charge in [-0.25, -0.2) is 0 Å². The van der Waals surface area contributed by atoms with Crippen molar-refractivity contribution in [1.82, 2.24) is 5.32 Å². The summed E-state index contributed by atoms with van der Waals surface area (Å²) in [6.45, 7) is 2.46. The molecule has 0 atom stereocenters. The zero-order valence-electron chi connectivity index (χ0n) is 16.0. The maximum absolute atomic E-state index is 10.8. The summed E-state index contributed by atoms with van der Waals surface area (Å²) in [6.07, 6.45) is 29.0. The average molecular weight is 348 g/mol. The third kappa shape index (κ3) is 20.3. The van der Waals surface area contributed by atoms with Gasteiger partial charge in [-0.2, -0.15) is 0 Å². The molecule has 1 amide bonds. The normalized spacial score (nSPS) is 12.2. The molecule has 3 nitrogen and oxygen atoms in total. The van der Waals surface area contributed by atoms with Crippen LogP contribution in [0.2, 0.25) is 0 Å². The number of rotatable bonds is 16. The Morgan fingerprint density at radius 3 is 1.72 bits per heavy atom. The molecule has 0 spiro atoms. The molecule has 0 aliphatic carbocycles. The van der Waals surface area contributed by atoms with Gasteiger partial charge in [-0.1, -0.05) is 68.4 Å². The fourth-order valence-electron chi connectivity index (χ4n) is 2.23. The molecule has 3 heteroatoms. The highest BCUT2D eigenvalue weighted by Crippen LogP contribution is 2.01. The Kier molecular flexibility index (Phi) is 19.1. The highest BCUT2D eigenvalue weighted by molar-refractivity contribution is 5.76. The summed E-state index contributed by atoms with van der Waals surface area (Å²) in [5.74, 6) is -0.294. The predicted octanol–water partition coefficient (Wildman–Crippen LogP) is 5.24. The van der Waals surface area contributed by atoms with E-state index in [0.29, 0.717) is 6.54 Å². The Morgan fingerprint density at radius 1 is 0.760 bits per heavy atom. The van der Waals surface area contributed by atoms with Crippen LogP contribution < -0.4 is 5.32 Å². The molecule has 25 heavy (non-hydrogen) atoms. The maximum atomic E-state index is 10.8. The number of hydrogen-bond donors (Lipinski definition) is 2. The van der Waals surface area contributed by atoms with E-state index in [4.69, 9.17) is 5.11 Å². The van der Waals surface area contributed by atoms with Gasteiger partial charge in [-0.05, 0) is 51.4 Å². The molecule has 0 fully saturated rings. The van der Waals surface area contributed by atoms with Crippen LogP contribution in [0.25, 0.3) is 0 Å². The van der Waals surface area contributed by atoms with Crippen LogP contribution in [0.3, 0.4) is 0 Å². The van der Waals surface area contributed by atoms with E-state index in [1.807, 2.05) is 0 Å². The minimum Gasteiger partial charge on any atom is -0.387 e. The van der Waals surface area contributed by atoms with Crippen LogP contribution in [0, 0.1) is 0 Å². The molecule has 0 aromatic rings. The molecule has 0 heterocycles. The van der Waals surface area contributed by atoms with Crippen LogP contribution in [0.1, 0.15) is 71.1 Å². The molecule has 0 unspecified atom stereocenters. The van der Waals surface area contributed by atoms with E-state index in [1.54, 1.807) is 0 Å². The summed E-state index contributed by atoms with van der Waals surface area (Å²) in [7, 11) is 0. The molecule has 0 saturated heterocycles. The van der Waals surface area contributed by atoms with E-state index in [0.717, 1.165) is 38.5 Å². The van der Waals surface area contributed by atoms with Gasteiger partial charge in [0.05, 0.1) is 0 Å². The molecule has 0 bridgehead atoms. The third-order valence-electron chi connectivity index (χ3n) is 3.72. The SMILES string of the molecule is CCCCC/C=C\C/C=C\C/C=C\C/C=C\CCCCNC(=O)CO. The second-order valence-electron chi connectivity index (χ2n) is 6.09. The van der Waals surface area contributed by atoms with Gasteiger partial charge < -0.3 is 10.4 Å². The van der Waals surface area contributed by atoms with E-state index in [1.165, 1.54) is 25.7 Å². The van der Waals surface area contributed by atoms with E-state index < -0.39 is 6.61 Å². The number of hydrogen-bond acceptors (Lipinski definition) is 2. The average Bonchev–Trinajstić information content (AvgIpc) is 2.63. The van der Waals surface area contributed by atoms with Crippen LogP contribution in [-0.2, 0) is 4.79 Å². The number of carbonyl (C=O) groups is 1. The standard InChI is InChI=1S/C22H37NO2/c1-2-3-4-5-6-7-8-9-10-11-12-13-14-15-16-17-18-19-20-23-22(25)21-24/h6-7,9-10,12-13,15-16,24H,2-5,8,11,14,17-21H2,1H3,(H,23,25)/b7-6-,10-9-,13-12-,16-15-. The fourth-order valence-corrected chi connectivity index (χ4v) is 2.23. The second kappa shape index (κ2) is 20.4. The minimum absolute atomic E-state index is 0.294. The summed E-state index contributed by atoms with van der Waals surface area (Å²) in [5.41, 5.74) is 0. The topological polar surface area (TPSA) is 49.3 Å². The highest BCUT2D eigenvalue weighted by Gasteiger charge is 1.94. The smallest absolute Gasteiger partial charge is 0.245 e. The summed E-state index contributed by atoms with van der Waals surface area (Å²) in [6, 6.07) is 0. The van der Waals surface area contributed by atoms with Crippen molar-refractivity contribution < 1.29 is 9.90 Å². The quantitative estimate of drug-likeness (QED) is 0.296. The van der Waals surface area contributed by atoms with Gasteiger partial charge in [-0.15, -0.1) is 0 Å². The first-order valence-corrected chi connectivity index (χ1v) is 9.78. The number of amides is 1. The van der Waals surface area contributed by atoms with Crippen LogP contribution >= 0.6 is 0 Å². The Morgan fingerprint density at radius 2 is 1.24 bits per heavy atom. The van der Waals surface area contributed by atoms with Crippen molar-refractivity contribution in [3.63, 3.8) is 0 Å². The van der Waals surface area contributed by atoms with Crippen LogP contribution in [-0.4, -0.2) is 24.2 Å². The number of carbonyl (C=O) groups excluding carboxylic acids is 1. The van der Waals surface area contributed by atoms with Crippen molar-refractivity contribution >= 4 is 5.91 Å². The number of allylic oxidation sites excluding steroid dienone is 8. The van der Waals surface area contributed by atoms with E-state index in [2.05, 4.69) is 60.8 Å². The minimum atomic E-state index is -0.419. The third-order valence-corrected chi connectivity index (χ3v) is 3.72. The van der Waals surface area contributed by atoms with E-state index in [-0.39, 0.29) is 5.91 Å². The predicted molar refractivity (Wildman–Crippen MR) is 108 cm³/mol. The molecule has 0 aromatic heterocycles. The van der Waals surface area contributed by atoms with Crippen molar-refractivity contribution in [2.45, 2.75) is 71.1 Å². The van der Waals surface area contributed by atoms with Gasteiger partial charge in [-0.3, -0.25) is 4.79 Å². The van der Waals surface area contributed by atoms with Crippen molar-refractivity contribution in [3.05, 3.63) is 48.6 Å². The molecule has 2 N–H and O–H groups in total. The largest absolute Gasteiger partial charge is 0.387 e. The summed E-state index contributed by atoms with van der Waals surface area (Å²) < 4.78 is 0. The Balaban J connectivity index is 3.39. The Hall–Kier alpha value is -1.61. The van der Waals surface area contributed by atoms with Gasteiger partial charge in [0.1, 0.15) is 6.61 Å². The number of aliphatic hydroxyl groups is 1. The lowest BCUT2D eigenvalue weighted by atomic mass is 10.2. The second-order valence-corrected chi connectivity index (χ2v) is 6.09. The zero-order valence-corrected chi connectivity index (χ0v) is 16.0. The first-order valence-electron chi connectivity index (χ1n) is 9.78. The van der Waals surface area contributed by atoms with E-state index >= 15 is 0 Å². The monoisotopic (exact) mass is 347 g/mol. The fraction of sp³-hybridized carbons (Fsp3) is 0.591. The first-order chi connectivity index (χ1) is 12.3. The molecule has 142 valence electrons. The van der Waals surface area contributed by atoms with E-state index in [9.17, 15) is 4.79 Å². The summed E-state index contributed by atoms with van der Waals surface area (Å²) >= 11 is 0. The van der Waals surface area contributed by atoms with Crippen LogP contribution in [0.4, 0.5) is 0 Å². The summed E-state index contributed by atoms with van der Waals surface area (Å²) in [5, 5.41) is 11.2. The van der Waals surface area contributed by atoms with Gasteiger partial charge in [0.2, 0.25) is 5.91 Å². The lowest BCUT2D eigenvalue weighted by molar-refractivity contribution is -0.123. The molecule has 0 saturated carbocycles. The van der Waals surface area contributed by atoms with Crippen molar-refractivity contribution in [3.8, 4) is 0 Å².